The number of piperidine rings is 1. The number of hydrogen-bond acceptors (Lipinski definition) is 5. The van der Waals surface area contributed by atoms with Crippen LogP contribution in [0.2, 0.25) is 0 Å². The van der Waals surface area contributed by atoms with Crippen molar-refractivity contribution >= 4 is 27.9 Å². The molecular weight excluding hydrogens is 444 g/mol. The molecule has 0 radical (unpaired) electrons. The van der Waals surface area contributed by atoms with Crippen molar-refractivity contribution in [1.29, 1.82) is 0 Å². The van der Waals surface area contributed by atoms with Gasteiger partial charge in [0.2, 0.25) is 15.9 Å². The molecule has 0 aliphatic carbocycles. The van der Waals surface area contributed by atoms with Crippen molar-refractivity contribution < 1.29 is 22.8 Å². The largest absolute Gasteiger partial charge is 0.342 e. The highest BCUT2D eigenvalue weighted by atomic mass is 32.2. The number of nitrogens with one attached hydrogen (secondary N) is 2. The molecule has 33 heavy (non-hydrogen) atoms. The van der Waals surface area contributed by atoms with E-state index in [0.717, 1.165) is 44.1 Å². The zero-order valence-corrected chi connectivity index (χ0v) is 19.6. The minimum Gasteiger partial charge on any atom is -0.342 e. The van der Waals surface area contributed by atoms with Crippen molar-refractivity contribution in [2.24, 2.45) is 5.92 Å². The third kappa shape index (κ3) is 5.55. The lowest BCUT2D eigenvalue weighted by Crippen LogP contribution is -2.48. The minimum absolute atomic E-state index is 0.00527. The molecule has 1 aromatic rings. The summed E-state index contributed by atoms with van der Waals surface area (Å²) >= 11 is 0. The molecule has 0 spiro atoms. The van der Waals surface area contributed by atoms with Crippen molar-refractivity contribution in [2.75, 3.05) is 26.2 Å². The van der Waals surface area contributed by atoms with Crippen LogP contribution in [0.3, 0.4) is 0 Å². The first-order chi connectivity index (χ1) is 15.8. The van der Waals surface area contributed by atoms with Crippen LogP contribution in [-0.2, 0) is 26.0 Å². The van der Waals surface area contributed by atoms with E-state index in [1.807, 2.05) is 0 Å². The standard InChI is InChI=1S/C23H32N4O5S/c28-20(26-13-5-6-18(16-26)21-22(29)25-23(30)24-21)12-9-17-7-10-19(11-8-17)33(31,32)27-14-3-1-2-4-15-27/h7-8,10-11,18,21H,1-6,9,12-16H2,(H2,24,25,29,30). The average Bonchev–Trinajstić information content (AvgIpc) is 3.00. The number of urea groups is 1. The van der Waals surface area contributed by atoms with Crippen LogP contribution in [0.25, 0.3) is 0 Å². The molecule has 180 valence electrons. The van der Waals surface area contributed by atoms with Gasteiger partial charge in [-0.2, -0.15) is 4.31 Å². The van der Waals surface area contributed by atoms with E-state index in [1.165, 1.54) is 0 Å². The van der Waals surface area contributed by atoms with Crippen molar-refractivity contribution in [3.63, 3.8) is 0 Å². The molecule has 3 aliphatic rings. The number of imide groups is 1. The molecule has 10 heteroatoms. The molecule has 1 aromatic carbocycles. The van der Waals surface area contributed by atoms with Crippen LogP contribution in [0.1, 0.15) is 50.5 Å². The van der Waals surface area contributed by atoms with Gasteiger partial charge in [-0.15, -0.1) is 0 Å². The molecule has 3 fully saturated rings. The molecule has 4 amide bonds. The van der Waals surface area contributed by atoms with E-state index in [-0.39, 0.29) is 17.7 Å². The van der Waals surface area contributed by atoms with Crippen molar-refractivity contribution in [3.05, 3.63) is 29.8 Å². The van der Waals surface area contributed by atoms with Gasteiger partial charge >= 0.3 is 6.03 Å². The second-order valence-electron chi connectivity index (χ2n) is 9.14. The number of rotatable bonds is 6. The maximum atomic E-state index is 12.9. The Balaban J connectivity index is 1.31. The van der Waals surface area contributed by atoms with E-state index < -0.39 is 22.1 Å². The summed E-state index contributed by atoms with van der Waals surface area (Å²) in [5.74, 6) is -0.405. The van der Waals surface area contributed by atoms with E-state index in [2.05, 4.69) is 10.6 Å². The number of nitrogens with zero attached hydrogens (tertiary/aromatic N) is 2. The SMILES string of the molecule is O=C1NC(=O)C(C2CCCN(C(=O)CCc3ccc(S(=O)(=O)N4CCCCCC4)cc3)C2)N1. The van der Waals surface area contributed by atoms with E-state index in [4.69, 9.17) is 0 Å². The molecule has 2 atom stereocenters. The summed E-state index contributed by atoms with van der Waals surface area (Å²) in [6.07, 6.45) is 6.34. The topological polar surface area (TPSA) is 116 Å². The number of likely N-dealkylation sites (tertiary alicyclic amines) is 1. The van der Waals surface area contributed by atoms with Gasteiger partial charge in [-0.3, -0.25) is 14.9 Å². The molecule has 4 rings (SSSR count). The smallest absolute Gasteiger partial charge is 0.322 e. The van der Waals surface area contributed by atoms with Crippen LogP contribution in [0, 0.1) is 5.92 Å². The van der Waals surface area contributed by atoms with Gasteiger partial charge in [-0.05, 0) is 49.8 Å². The van der Waals surface area contributed by atoms with Gasteiger partial charge in [-0.1, -0.05) is 25.0 Å². The third-order valence-electron chi connectivity index (χ3n) is 6.84. The molecule has 3 saturated heterocycles. The zero-order valence-electron chi connectivity index (χ0n) is 18.8. The first kappa shape index (κ1) is 23.7. The van der Waals surface area contributed by atoms with Gasteiger partial charge in [0, 0.05) is 38.5 Å². The summed E-state index contributed by atoms with van der Waals surface area (Å²) in [6.45, 7) is 2.23. The maximum absolute atomic E-state index is 12.9. The number of aryl methyl sites for hydroxylation is 1. The maximum Gasteiger partial charge on any atom is 0.322 e. The Labute approximate surface area is 194 Å². The number of sulfonamides is 1. The summed E-state index contributed by atoms with van der Waals surface area (Å²) in [6, 6.07) is 5.79. The fraction of sp³-hybridized carbons (Fsp3) is 0.609. The lowest BCUT2D eigenvalue weighted by atomic mass is 9.90. The molecule has 9 nitrogen and oxygen atoms in total. The summed E-state index contributed by atoms with van der Waals surface area (Å²) in [4.78, 5) is 38.2. The first-order valence-electron chi connectivity index (χ1n) is 11.8. The van der Waals surface area contributed by atoms with Crippen LogP contribution >= 0.6 is 0 Å². The van der Waals surface area contributed by atoms with Gasteiger partial charge in [0.1, 0.15) is 6.04 Å². The Hall–Kier alpha value is -2.46. The highest BCUT2D eigenvalue weighted by Gasteiger charge is 2.38. The van der Waals surface area contributed by atoms with Gasteiger partial charge in [0.15, 0.2) is 0 Å². The summed E-state index contributed by atoms with van der Waals surface area (Å²) in [7, 11) is -3.48. The predicted molar refractivity (Wildman–Crippen MR) is 122 cm³/mol. The fourth-order valence-corrected chi connectivity index (χ4v) is 6.46. The van der Waals surface area contributed by atoms with Crippen molar-refractivity contribution in [3.8, 4) is 0 Å². The van der Waals surface area contributed by atoms with E-state index in [1.54, 1.807) is 33.5 Å². The minimum atomic E-state index is -3.48. The summed E-state index contributed by atoms with van der Waals surface area (Å²) < 4.78 is 27.4. The lowest BCUT2D eigenvalue weighted by Gasteiger charge is -2.34. The van der Waals surface area contributed by atoms with E-state index >= 15 is 0 Å². The van der Waals surface area contributed by atoms with Crippen LogP contribution in [0.5, 0.6) is 0 Å². The molecule has 0 bridgehead atoms. The van der Waals surface area contributed by atoms with Crippen molar-refractivity contribution in [1.82, 2.24) is 19.8 Å². The molecule has 3 aliphatic heterocycles. The number of carbonyl (C=O) groups excluding carboxylic acids is 3. The van der Waals surface area contributed by atoms with Gasteiger partial charge in [0.05, 0.1) is 4.90 Å². The summed E-state index contributed by atoms with van der Waals surface area (Å²) in [5, 5.41) is 4.90. The Bertz CT molecular complexity index is 987. The second kappa shape index (κ2) is 10.2. The Kier molecular flexibility index (Phi) is 7.33. The Morgan fingerprint density at radius 3 is 2.30 bits per heavy atom. The normalized spacial score (nSPS) is 24.8. The molecule has 2 N–H and O–H groups in total. The highest BCUT2D eigenvalue weighted by Crippen LogP contribution is 2.24. The molecule has 2 unspecified atom stereocenters. The molecule has 3 heterocycles. The quantitative estimate of drug-likeness (QED) is 0.606. The lowest BCUT2D eigenvalue weighted by molar-refractivity contribution is -0.134. The third-order valence-corrected chi connectivity index (χ3v) is 8.75. The van der Waals surface area contributed by atoms with E-state index in [0.29, 0.717) is 43.9 Å². The summed E-state index contributed by atoms with van der Waals surface area (Å²) in [5.41, 5.74) is 0.911. The van der Waals surface area contributed by atoms with Crippen molar-refractivity contribution in [2.45, 2.75) is 62.3 Å². The molecular formula is C23H32N4O5S. The Morgan fingerprint density at radius 1 is 0.970 bits per heavy atom. The highest BCUT2D eigenvalue weighted by molar-refractivity contribution is 7.89. The fourth-order valence-electron chi connectivity index (χ4n) is 4.94. The number of hydrogen-bond donors (Lipinski definition) is 2. The number of benzene rings is 1. The second-order valence-corrected chi connectivity index (χ2v) is 11.1. The molecule has 0 saturated carbocycles. The van der Waals surface area contributed by atoms with Crippen LogP contribution in [0.4, 0.5) is 4.79 Å². The van der Waals surface area contributed by atoms with Crippen LogP contribution in [0.15, 0.2) is 29.2 Å². The number of amides is 4. The van der Waals surface area contributed by atoms with Crippen LogP contribution < -0.4 is 10.6 Å². The zero-order chi connectivity index (χ0) is 23.4. The predicted octanol–water partition coefficient (Wildman–Crippen LogP) is 1.63. The van der Waals surface area contributed by atoms with Gasteiger partial charge in [-0.25, -0.2) is 13.2 Å². The monoisotopic (exact) mass is 476 g/mol. The Morgan fingerprint density at radius 2 is 1.67 bits per heavy atom. The van der Waals surface area contributed by atoms with Gasteiger partial charge in [0.25, 0.3) is 5.91 Å². The average molecular weight is 477 g/mol. The number of carbonyl (C=O) groups is 3. The van der Waals surface area contributed by atoms with Gasteiger partial charge < -0.3 is 10.2 Å². The van der Waals surface area contributed by atoms with Crippen LogP contribution in [-0.4, -0.2) is 67.7 Å². The molecule has 0 aromatic heterocycles. The first-order valence-corrected chi connectivity index (χ1v) is 13.3. The van der Waals surface area contributed by atoms with E-state index in [9.17, 15) is 22.8 Å².